The molecule has 0 aromatic heterocycles. The third kappa shape index (κ3) is 2.99. The molecule has 106 valence electrons. The SMILES string of the molecule is Cc1cc(Nc2ccc(N(C)C)c(Cl)c2)cc(C)c1O. The summed E-state index contributed by atoms with van der Waals surface area (Å²) in [7, 11) is 3.92. The van der Waals surface area contributed by atoms with E-state index in [4.69, 9.17) is 11.6 Å². The van der Waals surface area contributed by atoms with Gasteiger partial charge in [-0.1, -0.05) is 11.6 Å². The molecule has 0 atom stereocenters. The number of hydrogen-bond acceptors (Lipinski definition) is 3. The lowest BCUT2D eigenvalue weighted by molar-refractivity contribution is 0.467. The summed E-state index contributed by atoms with van der Waals surface area (Å²) < 4.78 is 0. The van der Waals surface area contributed by atoms with E-state index < -0.39 is 0 Å². The first-order chi connectivity index (χ1) is 9.38. The summed E-state index contributed by atoms with van der Waals surface area (Å²) >= 11 is 6.26. The van der Waals surface area contributed by atoms with Crippen LogP contribution in [0.4, 0.5) is 17.1 Å². The van der Waals surface area contributed by atoms with Gasteiger partial charge in [0.15, 0.2) is 0 Å². The molecule has 0 amide bonds. The lowest BCUT2D eigenvalue weighted by atomic mass is 10.1. The topological polar surface area (TPSA) is 35.5 Å². The summed E-state index contributed by atoms with van der Waals surface area (Å²) in [5.74, 6) is 0.344. The van der Waals surface area contributed by atoms with Crippen LogP contribution in [0.1, 0.15) is 11.1 Å². The zero-order chi connectivity index (χ0) is 14.9. The van der Waals surface area contributed by atoms with Crippen LogP contribution in [0.2, 0.25) is 5.02 Å². The number of anilines is 3. The fourth-order valence-corrected chi connectivity index (χ4v) is 2.49. The van der Waals surface area contributed by atoms with Crippen LogP contribution in [0.3, 0.4) is 0 Å². The van der Waals surface area contributed by atoms with E-state index in [9.17, 15) is 5.11 Å². The Labute approximate surface area is 124 Å². The second-order valence-corrected chi connectivity index (χ2v) is 5.55. The number of rotatable bonds is 3. The van der Waals surface area contributed by atoms with Crippen molar-refractivity contribution in [3.05, 3.63) is 46.5 Å². The maximum absolute atomic E-state index is 9.78. The first-order valence-corrected chi connectivity index (χ1v) is 6.80. The Morgan fingerprint density at radius 1 is 1.00 bits per heavy atom. The number of nitrogens with one attached hydrogen (secondary N) is 1. The molecule has 0 saturated heterocycles. The summed E-state index contributed by atoms with van der Waals surface area (Å²) in [4.78, 5) is 1.97. The van der Waals surface area contributed by atoms with Crippen LogP contribution < -0.4 is 10.2 Å². The van der Waals surface area contributed by atoms with Gasteiger partial charge in [-0.2, -0.15) is 0 Å². The minimum absolute atomic E-state index is 0.344. The van der Waals surface area contributed by atoms with E-state index >= 15 is 0 Å². The van der Waals surface area contributed by atoms with E-state index in [1.54, 1.807) is 0 Å². The van der Waals surface area contributed by atoms with Crippen LogP contribution in [0.15, 0.2) is 30.3 Å². The molecule has 4 heteroatoms. The fourth-order valence-electron chi connectivity index (χ4n) is 2.14. The zero-order valence-corrected chi connectivity index (χ0v) is 12.9. The molecule has 2 N–H and O–H groups in total. The lowest BCUT2D eigenvalue weighted by Gasteiger charge is -2.16. The highest BCUT2D eigenvalue weighted by atomic mass is 35.5. The molecular formula is C16H19ClN2O. The molecule has 2 rings (SSSR count). The molecule has 0 saturated carbocycles. The van der Waals surface area contributed by atoms with Gasteiger partial charge >= 0.3 is 0 Å². The highest BCUT2D eigenvalue weighted by Crippen LogP contribution is 2.31. The van der Waals surface area contributed by atoms with Gasteiger partial charge in [-0.15, -0.1) is 0 Å². The van der Waals surface area contributed by atoms with E-state index in [0.29, 0.717) is 10.8 Å². The Hall–Kier alpha value is -1.87. The molecule has 0 fully saturated rings. The number of phenols is 1. The van der Waals surface area contributed by atoms with Gasteiger partial charge in [0.2, 0.25) is 0 Å². The average Bonchev–Trinajstić information content (AvgIpc) is 2.35. The van der Waals surface area contributed by atoms with Crippen molar-refractivity contribution in [2.75, 3.05) is 24.3 Å². The van der Waals surface area contributed by atoms with Gasteiger partial charge in [-0.05, 0) is 55.3 Å². The Balaban J connectivity index is 2.29. The van der Waals surface area contributed by atoms with Crippen molar-refractivity contribution < 1.29 is 5.11 Å². The molecular weight excluding hydrogens is 272 g/mol. The third-order valence-electron chi connectivity index (χ3n) is 3.21. The first-order valence-electron chi connectivity index (χ1n) is 6.42. The molecule has 0 aliphatic carbocycles. The van der Waals surface area contributed by atoms with Crippen LogP contribution in [0, 0.1) is 13.8 Å². The monoisotopic (exact) mass is 290 g/mol. The molecule has 20 heavy (non-hydrogen) atoms. The predicted octanol–water partition coefficient (Wildman–Crippen LogP) is 4.47. The van der Waals surface area contributed by atoms with Crippen molar-refractivity contribution in [3.8, 4) is 5.75 Å². The molecule has 0 radical (unpaired) electrons. The molecule has 0 aliphatic heterocycles. The third-order valence-corrected chi connectivity index (χ3v) is 3.51. The number of hydrogen-bond donors (Lipinski definition) is 2. The molecule has 0 aliphatic rings. The van der Waals surface area contributed by atoms with Crippen LogP contribution in [-0.4, -0.2) is 19.2 Å². The predicted molar refractivity (Wildman–Crippen MR) is 86.6 cm³/mol. The Kier molecular flexibility index (Phi) is 4.09. The van der Waals surface area contributed by atoms with Gasteiger partial charge in [0.05, 0.1) is 10.7 Å². The smallest absolute Gasteiger partial charge is 0.121 e. The number of nitrogens with zero attached hydrogens (tertiary/aromatic N) is 1. The summed E-state index contributed by atoms with van der Waals surface area (Å²) in [6, 6.07) is 9.68. The number of benzene rings is 2. The minimum atomic E-state index is 0.344. The average molecular weight is 291 g/mol. The van der Waals surface area contributed by atoms with Crippen LogP contribution in [0.5, 0.6) is 5.75 Å². The van der Waals surface area contributed by atoms with Crippen molar-refractivity contribution in [1.29, 1.82) is 0 Å². The highest BCUT2D eigenvalue weighted by molar-refractivity contribution is 6.33. The first kappa shape index (κ1) is 14.5. The largest absolute Gasteiger partial charge is 0.507 e. The van der Waals surface area contributed by atoms with E-state index in [1.807, 2.05) is 63.2 Å². The van der Waals surface area contributed by atoms with Crippen molar-refractivity contribution in [2.45, 2.75) is 13.8 Å². The van der Waals surface area contributed by atoms with Crippen molar-refractivity contribution in [3.63, 3.8) is 0 Å². The van der Waals surface area contributed by atoms with Gasteiger partial charge < -0.3 is 15.3 Å². The zero-order valence-electron chi connectivity index (χ0n) is 12.2. The van der Waals surface area contributed by atoms with E-state index in [1.165, 1.54) is 0 Å². The second kappa shape index (κ2) is 5.63. The maximum Gasteiger partial charge on any atom is 0.121 e. The van der Waals surface area contributed by atoms with Crippen LogP contribution >= 0.6 is 11.6 Å². The summed E-state index contributed by atoms with van der Waals surface area (Å²) in [5, 5.41) is 13.8. The summed E-state index contributed by atoms with van der Waals surface area (Å²) in [5.41, 5.74) is 4.54. The number of phenolic OH excluding ortho intramolecular Hbond substituents is 1. The number of halogens is 1. The standard InChI is InChI=1S/C16H19ClN2O/c1-10-7-13(8-11(2)16(10)20)18-12-5-6-15(19(3)4)14(17)9-12/h5-9,18,20H,1-4H3. The minimum Gasteiger partial charge on any atom is -0.507 e. The second-order valence-electron chi connectivity index (χ2n) is 5.14. The molecule has 0 bridgehead atoms. The van der Waals surface area contributed by atoms with Crippen molar-refractivity contribution >= 4 is 28.7 Å². The van der Waals surface area contributed by atoms with E-state index in [0.717, 1.165) is 28.2 Å². The van der Waals surface area contributed by atoms with Gasteiger partial charge in [0.25, 0.3) is 0 Å². The molecule has 0 unspecified atom stereocenters. The highest BCUT2D eigenvalue weighted by Gasteiger charge is 2.06. The van der Waals surface area contributed by atoms with Crippen molar-refractivity contribution in [2.24, 2.45) is 0 Å². The van der Waals surface area contributed by atoms with Gasteiger partial charge in [0.1, 0.15) is 5.75 Å². The van der Waals surface area contributed by atoms with Gasteiger partial charge in [0, 0.05) is 25.5 Å². The van der Waals surface area contributed by atoms with E-state index in [2.05, 4.69) is 5.32 Å². The molecule has 2 aromatic carbocycles. The van der Waals surface area contributed by atoms with Gasteiger partial charge in [-0.25, -0.2) is 0 Å². The Morgan fingerprint density at radius 2 is 1.60 bits per heavy atom. The quantitative estimate of drug-likeness (QED) is 0.819. The molecule has 0 spiro atoms. The fraction of sp³-hybridized carbons (Fsp3) is 0.250. The van der Waals surface area contributed by atoms with Crippen molar-refractivity contribution in [1.82, 2.24) is 0 Å². The summed E-state index contributed by atoms with van der Waals surface area (Å²) in [6.45, 7) is 3.77. The summed E-state index contributed by atoms with van der Waals surface area (Å²) in [6.07, 6.45) is 0. The number of aromatic hydroxyl groups is 1. The Bertz CT molecular complexity index is 615. The lowest BCUT2D eigenvalue weighted by Crippen LogP contribution is -2.09. The normalized spacial score (nSPS) is 10.4. The van der Waals surface area contributed by atoms with Gasteiger partial charge in [-0.3, -0.25) is 0 Å². The maximum atomic E-state index is 9.78. The molecule has 2 aromatic rings. The van der Waals surface area contributed by atoms with Crippen LogP contribution in [-0.2, 0) is 0 Å². The van der Waals surface area contributed by atoms with Crippen LogP contribution in [0.25, 0.3) is 0 Å². The number of aryl methyl sites for hydroxylation is 2. The molecule has 3 nitrogen and oxygen atoms in total. The molecule has 0 heterocycles. The van der Waals surface area contributed by atoms with E-state index in [-0.39, 0.29) is 0 Å². The Morgan fingerprint density at radius 3 is 2.10 bits per heavy atom.